The summed E-state index contributed by atoms with van der Waals surface area (Å²) in [6.07, 6.45) is 6.55. The maximum absolute atomic E-state index is 13.7. The molecule has 0 aromatic heterocycles. The van der Waals surface area contributed by atoms with E-state index in [9.17, 15) is 14.4 Å². The van der Waals surface area contributed by atoms with Crippen LogP contribution in [0.4, 0.5) is 5.69 Å². The Kier molecular flexibility index (Phi) is 9.38. The van der Waals surface area contributed by atoms with Crippen molar-refractivity contribution in [3.63, 3.8) is 0 Å². The average Bonchev–Trinajstić information content (AvgIpc) is 3.34. The number of thioether (sulfide) groups is 1. The molecule has 10 heteroatoms. The van der Waals surface area contributed by atoms with Gasteiger partial charge >= 0.3 is 0 Å². The number of para-hydroxylation sites is 2. The first-order chi connectivity index (χ1) is 20.0. The first-order valence-electron chi connectivity index (χ1n) is 14.4. The second-order valence-electron chi connectivity index (χ2n) is 10.5. The molecule has 1 fully saturated rings. The van der Waals surface area contributed by atoms with Gasteiger partial charge in [0.2, 0.25) is 11.8 Å². The Bertz CT molecular complexity index is 1350. The van der Waals surface area contributed by atoms with Gasteiger partial charge in [0.05, 0.1) is 18.0 Å². The quantitative estimate of drug-likeness (QED) is 0.426. The number of fused-ring (bicyclic) bond motifs is 3. The van der Waals surface area contributed by atoms with Crippen LogP contribution in [0.2, 0.25) is 0 Å². The largest absolute Gasteiger partial charge is 0.496 e. The number of hydrogen-bond donors (Lipinski definition) is 2. The average molecular weight is 576 g/mol. The van der Waals surface area contributed by atoms with Crippen LogP contribution < -0.4 is 15.4 Å². The van der Waals surface area contributed by atoms with Crippen LogP contribution >= 0.6 is 11.8 Å². The number of amides is 3. The third kappa shape index (κ3) is 6.64. The van der Waals surface area contributed by atoms with E-state index in [-0.39, 0.29) is 41.9 Å². The number of carbonyl (C=O) groups excluding carboxylic acids is 3. The minimum absolute atomic E-state index is 0.0145. The summed E-state index contributed by atoms with van der Waals surface area (Å²) < 4.78 is 5.36. The number of carbonyl (C=O) groups is 3. The minimum atomic E-state index is -0.699. The molecule has 1 saturated carbocycles. The Labute approximate surface area is 245 Å². The first kappa shape index (κ1) is 28.9. The second kappa shape index (κ2) is 13.3. The summed E-state index contributed by atoms with van der Waals surface area (Å²) in [6.45, 7) is 2.31. The highest BCUT2D eigenvalue weighted by atomic mass is 32.2. The van der Waals surface area contributed by atoms with Gasteiger partial charge in [-0.1, -0.05) is 68.3 Å². The smallest absolute Gasteiger partial charge is 0.259 e. The number of amidine groups is 2. The Morgan fingerprint density at radius 1 is 1.10 bits per heavy atom. The normalized spacial score (nSPS) is 19.0. The van der Waals surface area contributed by atoms with E-state index in [0.29, 0.717) is 29.7 Å². The van der Waals surface area contributed by atoms with Crippen molar-refractivity contribution in [3.05, 3.63) is 59.7 Å². The zero-order chi connectivity index (χ0) is 28.8. The van der Waals surface area contributed by atoms with Gasteiger partial charge in [0.15, 0.2) is 5.17 Å². The third-order valence-electron chi connectivity index (χ3n) is 7.72. The topological polar surface area (TPSA) is 112 Å². The van der Waals surface area contributed by atoms with Gasteiger partial charge in [-0.2, -0.15) is 0 Å². The standard InChI is InChI=1S/C31H37N5O4S/c1-3-26(29(38)33-21-12-5-4-6-13-21)41-31-35-23-15-9-8-14-22(23)28-34-24(30(39)36(28)31)17-18-27(37)32-19-20-11-7-10-16-25(20)40-2/h7-11,14-16,21,24,26H,3-6,12-13,17-19H2,1-2H3,(H,32,37)(H,33,38)/t24-,26-/m1/s1. The number of nitrogens with one attached hydrogen (secondary N) is 2. The molecule has 3 aliphatic rings. The van der Waals surface area contributed by atoms with Crippen LogP contribution in [0.3, 0.4) is 0 Å². The predicted molar refractivity (Wildman–Crippen MR) is 161 cm³/mol. The molecule has 216 valence electrons. The molecule has 0 radical (unpaired) electrons. The van der Waals surface area contributed by atoms with E-state index in [1.54, 1.807) is 12.0 Å². The first-order valence-corrected chi connectivity index (χ1v) is 15.3. The number of methoxy groups -OCH3 is 1. The zero-order valence-corrected chi connectivity index (χ0v) is 24.4. The molecule has 2 aliphatic heterocycles. The summed E-state index contributed by atoms with van der Waals surface area (Å²) in [7, 11) is 1.60. The molecular weight excluding hydrogens is 538 g/mol. The number of rotatable bonds is 10. The van der Waals surface area contributed by atoms with Crippen LogP contribution in [0.5, 0.6) is 5.75 Å². The molecule has 2 atom stereocenters. The molecule has 0 unspecified atom stereocenters. The summed E-state index contributed by atoms with van der Waals surface area (Å²) in [6, 6.07) is 14.6. The molecule has 3 amide bonds. The lowest BCUT2D eigenvalue weighted by Crippen LogP contribution is -2.45. The van der Waals surface area contributed by atoms with E-state index in [4.69, 9.17) is 14.7 Å². The number of hydrogen-bond acceptors (Lipinski definition) is 7. The summed E-state index contributed by atoms with van der Waals surface area (Å²) in [5, 5.41) is 6.22. The van der Waals surface area contributed by atoms with Crippen molar-refractivity contribution in [2.75, 3.05) is 7.11 Å². The van der Waals surface area contributed by atoms with Gasteiger partial charge < -0.3 is 15.4 Å². The molecule has 0 spiro atoms. The van der Waals surface area contributed by atoms with Crippen molar-refractivity contribution in [2.45, 2.75) is 82.2 Å². The van der Waals surface area contributed by atoms with Crippen molar-refractivity contribution >= 4 is 46.2 Å². The van der Waals surface area contributed by atoms with Crippen LogP contribution in [-0.2, 0) is 20.9 Å². The Morgan fingerprint density at radius 3 is 2.63 bits per heavy atom. The lowest BCUT2D eigenvalue weighted by Gasteiger charge is -2.29. The van der Waals surface area contributed by atoms with Gasteiger partial charge in [-0.3, -0.25) is 19.4 Å². The molecular formula is C31H37N5O4S. The van der Waals surface area contributed by atoms with Crippen molar-refractivity contribution < 1.29 is 19.1 Å². The maximum Gasteiger partial charge on any atom is 0.259 e. The van der Waals surface area contributed by atoms with Crippen molar-refractivity contribution in [3.8, 4) is 5.75 Å². The molecule has 2 heterocycles. The molecule has 2 aromatic carbocycles. The van der Waals surface area contributed by atoms with Gasteiger partial charge in [-0.05, 0) is 43.9 Å². The van der Waals surface area contributed by atoms with Crippen LogP contribution in [-0.4, -0.2) is 58.1 Å². The fourth-order valence-corrected chi connectivity index (χ4v) is 6.49. The van der Waals surface area contributed by atoms with Gasteiger partial charge in [0, 0.05) is 30.1 Å². The van der Waals surface area contributed by atoms with Crippen LogP contribution in [0, 0.1) is 0 Å². The second-order valence-corrected chi connectivity index (χ2v) is 11.7. The van der Waals surface area contributed by atoms with E-state index >= 15 is 0 Å². The zero-order valence-electron chi connectivity index (χ0n) is 23.6. The van der Waals surface area contributed by atoms with E-state index in [2.05, 4.69) is 10.6 Å². The van der Waals surface area contributed by atoms with Gasteiger partial charge in [0.25, 0.3) is 5.91 Å². The summed E-state index contributed by atoms with van der Waals surface area (Å²) in [5.41, 5.74) is 2.37. The number of ether oxygens (including phenoxy) is 1. The molecule has 0 saturated heterocycles. The summed E-state index contributed by atoms with van der Waals surface area (Å²) in [4.78, 5) is 50.7. The number of aliphatic imine (C=N–C) groups is 2. The lowest BCUT2D eigenvalue weighted by molar-refractivity contribution is -0.125. The fraction of sp³-hybridized carbons (Fsp3) is 0.452. The monoisotopic (exact) mass is 575 g/mol. The highest BCUT2D eigenvalue weighted by molar-refractivity contribution is 8.15. The van der Waals surface area contributed by atoms with Gasteiger partial charge in [-0.15, -0.1) is 0 Å². The molecule has 2 N–H and O–H groups in total. The molecule has 9 nitrogen and oxygen atoms in total. The van der Waals surface area contributed by atoms with E-state index in [1.165, 1.54) is 18.2 Å². The fourth-order valence-electron chi connectivity index (χ4n) is 5.46. The number of nitrogens with zero attached hydrogens (tertiary/aromatic N) is 3. The van der Waals surface area contributed by atoms with Crippen LogP contribution in [0.15, 0.2) is 58.5 Å². The highest BCUT2D eigenvalue weighted by Gasteiger charge is 2.42. The lowest BCUT2D eigenvalue weighted by atomic mass is 9.95. The van der Waals surface area contributed by atoms with Gasteiger partial charge in [-0.25, -0.2) is 9.89 Å². The third-order valence-corrected chi connectivity index (χ3v) is 9.04. The summed E-state index contributed by atoms with van der Waals surface area (Å²) in [5.74, 6) is 0.843. The van der Waals surface area contributed by atoms with Crippen molar-refractivity contribution in [1.82, 2.24) is 15.5 Å². The molecule has 2 aromatic rings. The van der Waals surface area contributed by atoms with E-state index in [0.717, 1.165) is 42.5 Å². The van der Waals surface area contributed by atoms with Crippen molar-refractivity contribution in [2.24, 2.45) is 9.98 Å². The van der Waals surface area contributed by atoms with Crippen LogP contribution in [0.1, 0.15) is 69.4 Å². The van der Waals surface area contributed by atoms with Crippen molar-refractivity contribution in [1.29, 1.82) is 0 Å². The number of benzene rings is 2. The highest BCUT2D eigenvalue weighted by Crippen LogP contribution is 2.36. The van der Waals surface area contributed by atoms with E-state index < -0.39 is 6.04 Å². The minimum Gasteiger partial charge on any atom is -0.496 e. The molecule has 5 rings (SSSR count). The van der Waals surface area contributed by atoms with Crippen LogP contribution in [0.25, 0.3) is 0 Å². The molecule has 41 heavy (non-hydrogen) atoms. The summed E-state index contributed by atoms with van der Waals surface area (Å²) >= 11 is 1.31. The van der Waals surface area contributed by atoms with Gasteiger partial charge in [0.1, 0.15) is 17.6 Å². The molecule has 0 bridgehead atoms. The Hall–Kier alpha value is -3.66. The SMILES string of the molecule is CC[C@@H](SC1=Nc2ccccc2C2=N[C@H](CCC(=O)NCc3ccccc3OC)C(=O)N12)C(=O)NC1CCCCC1. The maximum atomic E-state index is 13.7. The Morgan fingerprint density at radius 2 is 1.85 bits per heavy atom. The predicted octanol–water partition coefficient (Wildman–Crippen LogP) is 4.71. The Balaban J connectivity index is 1.26. The van der Waals surface area contributed by atoms with E-state index in [1.807, 2.05) is 55.5 Å². The molecule has 1 aliphatic carbocycles.